The van der Waals surface area contributed by atoms with Crippen molar-refractivity contribution in [2.45, 2.75) is 6.42 Å². The molecule has 24 heavy (non-hydrogen) atoms. The summed E-state index contributed by atoms with van der Waals surface area (Å²) < 4.78 is 5.14. The van der Waals surface area contributed by atoms with Gasteiger partial charge in [-0.25, -0.2) is 0 Å². The molecule has 0 saturated heterocycles. The predicted molar refractivity (Wildman–Crippen MR) is 96.6 cm³/mol. The van der Waals surface area contributed by atoms with Crippen molar-refractivity contribution in [1.29, 1.82) is 0 Å². The van der Waals surface area contributed by atoms with Gasteiger partial charge in [-0.3, -0.25) is 9.78 Å². The van der Waals surface area contributed by atoms with Crippen molar-refractivity contribution < 1.29 is 9.53 Å². The molecule has 1 N–H and O–H groups in total. The number of ether oxygens (including phenoxy) is 1. The van der Waals surface area contributed by atoms with Crippen LogP contribution in [0.25, 0.3) is 10.4 Å². The molecule has 0 spiro atoms. The molecule has 2 heterocycles. The van der Waals surface area contributed by atoms with Crippen LogP contribution in [0.3, 0.4) is 0 Å². The number of carbonyl (C=O) groups is 1. The first-order valence-corrected chi connectivity index (χ1v) is 8.49. The number of nitrogens with one attached hydrogen (secondary N) is 1. The molecule has 4 nitrogen and oxygen atoms in total. The second-order valence-electron chi connectivity index (χ2n) is 5.25. The maximum atomic E-state index is 12.2. The summed E-state index contributed by atoms with van der Waals surface area (Å²) >= 11 is 1.49. The molecule has 122 valence electrons. The molecule has 1 aromatic carbocycles. The monoisotopic (exact) mass is 338 g/mol. The Hall–Kier alpha value is -2.66. The Kier molecular flexibility index (Phi) is 5.23. The minimum Gasteiger partial charge on any atom is -0.497 e. The van der Waals surface area contributed by atoms with E-state index in [1.807, 2.05) is 48.5 Å². The van der Waals surface area contributed by atoms with Crippen molar-refractivity contribution in [2.75, 3.05) is 13.7 Å². The molecule has 0 unspecified atom stereocenters. The number of carbonyl (C=O) groups excluding carboxylic acids is 1. The maximum absolute atomic E-state index is 12.2. The highest BCUT2D eigenvalue weighted by Gasteiger charge is 2.09. The van der Waals surface area contributed by atoms with Crippen LogP contribution in [0.15, 0.2) is 60.9 Å². The topological polar surface area (TPSA) is 51.2 Å². The van der Waals surface area contributed by atoms with E-state index in [1.165, 1.54) is 16.9 Å². The highest BCUT2D eigenvalue weighted by Crippen LogP contribution is 2.27. The Morgan fingerprint density at radius 3 is 2.54 bits per heavy atom. The van der Waals surface area contributed by atoms with Gasteiger partial charge in [0.15, 0.2) is 0 Å². The second kappa shape index (κ2) is 7.75. The van der Waals surface area contributed by atoms with E-state index in [0.29, 0.717) is 6.54 Å². The van der Waals surface area contributed by atoms with Crippen molar-refractivity contribution in [3.05, 3.63) is 71.4 Å². The SMILES string of the molecule is COc1ccc(CCNC(=O)c2ccc(-c3ccncc3)s2)cc1. The van der Waals surface area contributed by atoms with Gasteiger partial charge in [-0.2, -0.15) is 0 Å². The average Bonchev–Trinajstić information content (AvgIpc) is 3.13. The number of amides is 1. The number of benzene rings is 1. The zero-order chi connectivity index (χ0) is 16.8. The van der Waals surface area contributed by atoms with E-state index in [1.54, 1.807) is 19.5 Å². The molecule has 3 rings (SSSR count). The van der Waals surface area contributed by atoms with Crippen LogP contribution >= 0.6 is 11.3 Å². The smallest absolute Gasteiger partial charge is 0.261 e. The number of thiophene rings is 1. The lowest BCUT2D eigenvalue weighted by atomic mass is 10.1. The van der Waals surface area contributed by atoms with E-state index in [0.717, 1.165) is 27.5 Å². The Morgan fingerprint density at radius 2 is 1.83 bits per heavy atom. The lowest BCUT2D eigenvalue weighted by molar-refractivity contribution is 0.0958. The minimum atomic E-state index is -0.0335. The fraction of sp³-hybridized carbons (Fsp3) is 0.158. The lowest BCUT2D eigenvalue weighted by Gasteiger charge is -2.05. The van der Waals surface area contributed by atoms with Gasteiger partial charge in [-0.05, 0) is 53.9 Å². The predicted octanol–water partition coefficient (Wildman–Crippen LogP) is 3.79. The number of aromatic nitrogens is 1. The van der Waals surface area contributed by atoms with Crippen LogP contribution in [0.4, 0.5) is 0 Å². The number of hydrogen-bond donors (Lipinski definition) is 1. The number of pyridine rings is 1. The summed E-state index contributed by atoms with van der Waals surface area (Å²) in [6, 6.07) is 15.6. The van der Waals surface area contributed by atoms with Gasteiger partial charge in [-0.1, -0.05) is 12.1 Å². The number of methoxy groups -OCH3 is 1. The lowest BCUT2D eigenvalue weighted by Crippen LogP contribution is -2.24. The quantitative estimate of drug-likeness (QED) is 0.744. The van der Waals surface area contributed by atoms with Gasteiger partial charge in [0.1, 0.15) is 5.75 Å². The molecule has 0 aliphatic heterocycles. The van der Waals surface area contributed by atoms with Crippen LogP contribution in [0.2, 0.25) is 0 Å². The summed E-state index contributed by atoms with van der Waals surface area (Å²) in [6.07, 6.45) is 4.30. The van der Waals surface area contributed by atoms with Gasteiger partial charge in [-0.15, -0.1) is 11.3 Å². The fourth-order valence-electron chi connectivity index (χ4n) is 2.33. The maximum Gasteiger partial charge on any atom is 0.261 e. The molecular weight excluding hydrogens is 320 g/mol. The molecule has 2 aromatic heterocycles. The van der Waals surface area contributed by atoms with Gasteiger partial charge >= 0.3 is 0 Å². The Labute approximate surface area is 145 Å². The molecule has 1 amide bonds. The van der Waals surface area contributed by atoms with Gasteiger partial charge in [0.25, 0.3) is 5.91 Å². The summed E-state index contributed by atoms with van der Waals surface area (Å²) in [5, 5.41) is 2.97. The van der Waals surface area contributed by atoms with Crippen LogP contribution in [0.5, 0.6) is 5.75 Å². The molecule has 0 bridgehead atoms. The molecular formula is C19H18N2O2S. The van der Waals surface area contributed by atoms with E-state index in [9.17, 15) is 4.79 Å². The second-order valence-corrected chi connectivity index (χ2v) is 6.34. The van der Waals surface area contributed by atoms with Crippen molar-refractivity contribution in [1.82, 2.24) is 10.3 Å². The summed E-state index contributed by atoms with van der Waals surface area (Å²) in [7, 11) is 1.65. The Bertz CT molecular complexity index is 798. The first-order valence-electron chi connectivity index (χ1n) is 7.67. The minimum absolute atomic E-state index is 0.0335. The first-order chi connectivity index (χ1) is 11.8. The third-order valence-electron chi connectivity index (χ3n) is 3.65. The first kappa shape index (κ1) is 16.2. The number of hydrogen-bond acceptors (Lipinski definition) is 4. The normalized spacial score (nSPS) is 10.4. The van der Waals surface area contributed by atoms with Crippen molar-refractivity contribution in [3.63, 3.8) is 0 Å². The van der Waals surface area contributed by atoms with Gasteiger partial charge in [0.05, 0.1) is 12.0 Å². The summed E-state index contributed by atoms with van der Waals surface area (Å²) in [6.45, 7) is 0.605. The Morgan fingerprint density at radius 1 is 1.08 bits per heavy atom. The molecule has 0 atom stereocenters. The standard InChI is InChI=1S/C19H18N2O2S/c1-23-16-4-2-14(3-5-16)8-13-21-19(22)18-7-6-17(24-18)15-9-11-20-12-10-15/h2-7,9-12H,8,13H2,1H3,(H,21,22). The molecule has 5 heteroatoms. The summed E-state index contributed by atoms with van der Waals surface area (Å²) in [5.74, 6) is 0.804. The van der Waals surface area contributed by atoms with Crippen LogP contribution in [-0.2, 0) is 6.42 Å². The highest BCUT2D eigenvalue weighted by atomic mass is 32.1. The zero-order valence-corrected chi connectivity index (χ0v) is 14.2. The van der Waals surface area contributed by atoms with Crippen molar-refractivity contribution in [3.8, 4) is 16.2 Å². The van der Waals surface area contributed by atoms with E-state index in [4.69, 9.17) is 4.74 Å². The van der Waals surface area contributed by atoms with Crippen LogP contribution in [-0.4, -0.2) is 24.5 Å². The summed E-state index contributed by atoms with van der Waals surface area (Å²) in [4.78, 5) is 18.0. The Balaban J connectivity index is 1.54. The van der Waals surface area contributed by atoms with E-state index in [2.05, 4.69) is 10.3 Å². The zero-order valence-electron chi connectivity index (χ0n) is 13.4. The highest BCUT2D eigenvalue weighted by molar-refractivity contribution is 7.17. The van der Waals surface area contributed by atoms with Crippen molar-refractivity contribution in [2.24, 2.45) is 0 Å². The van der Waals surface area contributed by atoms with Gasteiger partial charge < -0.3 is 10.1 Å². The van der Waals surface area contributed by atoms with Crippen LogP contribution in [0, 0.1) is 0 Å². The molecule has 0 aliphatic rings. The van der Waals surface area contributed by atoms with Crippen LogP contribution < -0.4 is 10.1 Å². The summed E-state index contributed by atoms with van der Waals surface area (Å²) in [5.41, 5.74) is 2.24. The third-order valence-corrected chi connectivity index (χ3v) is 4.79. The van der Waals surface area contributed by atoms with E-state index in [-0.39, 0.29) is 5.91 Å². The van der Waals surface area contributed by atoms with Gasteiger partial charge in [0, 0.05) is 23.8 Å². The molecule has 0 aliphatic carbocycles. The van der Waals surface area contributed by atoms with Crippen LogP contribution in [0.1, 0.15) is 15.2 Å². The average molecular weight is 338 g/mol. The molecule has 0 saturated carbocycles. The number of nitrogens with zero attached hydrogens (tertiary/aromatic N) is 1. The van der Waals surface area contributed by atoms with E-state index < -0.39 is 0 Å². The third kappa shape index (κ3) is 4.00. The number of rotatable bonds is 6. The molecule has 0 radical (unpaired) electrons. The van der Waals surface area contributed by atoms with E-state index >= 15 is 0 Å². The largest absolute Gasteiger partial charge is 0.497 e. The van der Waals surface area contributed by atoms with Crippen molar-refractivity contribution >= 4 is 17.2 Å². The molecule has 3 aromatic rings. The molecule has 0 fully saturated rings. The van der Waals surface area contributed by atoms with Gasteiger partial charge in [0.2, 0.25) is 0 Å². The fourth-order valence-corrected chi connectivity index (χ4v) is 3.26.